The van der Waals surface area contributed by atoms with Crippen molar-refractivity contribution in [1.82, 2.24) is 4.98 Å². The molecule has 3 aromatic rings. The Balaban J connectivity index is 1.79. The first-order valence-corrected chi connectivity index (χ1v) is 7.44. The molecule has 0 aliphatic carbocycles. The topological polar surface area (TPSA) is 55.1 Å². The molecule has 2 aromatic heterocycles. The number of amides is 1. The van der Waals surface area contributed by atoms with Gasteiger partial charge in [-0.2, -0.15) is 0 Å². The lowest BCUT2D eigenvalue weighted by Gasteiger charge is -1.98. The Morgan fingerprint density at radius 2 is 2.25 bits per heavy atom. The van der Waals surface area contributed by atoms with Gasteiger partial charge in [0.15, 0.2) is 5.13 Å². The predicted octanol–water partition coefficient (Wildman–Crippen LogP) is 4.42. The van der Waals surface area contributed by atoms with E-state index in [-0.39, 0.29) is 5.91 Å². The van der Waals surface area contributed by atoms with Crippen LogP contribution in [0.2, 0.25) is 0 Å². The molecule has 0 spiro atoms. The second-order valence-corrected chi connectivity index (χ2v) is 5.79. The van der Waals surface area contributed by atoms with Gasteiger partial charge in [0.2, 0.25) is 0 Å². The monoisotopic (exact) mass is 348 g/mol. The largest absolute Gasteiger partial charge is 0.472 e. The first-order valence-electron chi connectivity index (χ1n) is 5.77. The second kappa shape index (κ2) is 5.60. The van der Waals surface area contributed by atoms with Crippen molar-refractivity contribution >= 4 is 38.3 Å². The molecule has 1 aromatic carbocycles. The van der Waals surface area contributed by atoms with Gasteiger partial charge in [0.1, 0.15) is 6.26 Å². The SMILES string of the molecule is O=C(Nc1nc(-c2cccc(Br)c2)cs1)c1ccoc1. The van der Waals surface area contributed by atoms with Gasteiger partial charge in [-0.15, -0.1) is 11.3 Å². The van der Waals surface area contributed by atoms with Crippen LogP contribution in [0.3, 0.4) is 0 Å². The lowest BCUT2D eigenvalue weighted by molar-refractivity contribution is 0.102. The minimum atomic E-state index is -0.228. The van der Waals surface area contributed by atoms with Gasteiger partial charge >= 0.3 is 0 Å². The van der Waals surface area contributed by atoms with Crippen LogP contribution in [0.5, 0.6) is 0 Å². The highest BCUT2D eigenvalue weighted by Gasteiger charge is 2.10. The van der Waals surface area contributed by atoms with E-state index in [1.807, 2.05) is 29.6 Å². The molecule has 4 nitrogen and oxygen atoms in total. The third-order valence-electron chi connectivity index (χ3n) is 2.63. The summed E-state index contributed by atoms with van der Waals surface area (Å²) in [6.07, 6.45) is 2.86. The summed E-state index contributed by atoms with van der Waals surface area (Å²) >= 11 is 4.81. The van der Waals surface area contributed by atoms with Crippen LogP contribution in [0.15, 0.2) is 57.1 Å². The van der Waals surface area contributed by atoms with Crippen LogP contribution in [0.1, 0.15) is 10.4 Å². The van der Waals surface area contributed by atoms with Crippen LogP contribution < -0.4 is 5.32 Å². The van der Waals surface area contributed by atoms with Crippen molar-refractivity contribution in [1.29, 1.82) is 0 Å². The first-order chi connectivity index (χ1) is 9.72. The molecular formula is C14H9BrN2O2S. The molecule has 3 rings (SSSR count). The van der Waals surface area contributed by atoms with Crippen LogP contribution in [-0.4, -0.2) is 10.9 Å². The smallest absolute Gasteiger partial charge is 0.260 e. The quantitative estimate of drug-likeness (QED) is 0.762. The summed E-state index contributed by atoms with van der Waals surface area (Å²) in [5, 5.41) is 5.22. The van der Waals surface area contributed by atoms with Crippen molar-refractivity contribution in [2.45, 2.75) is 0 Å². The molecule has 1 amide bonds. The molecule has 0 bridgehead atoms. The van der Waals surface area contributed by atoms with E-state index in [9.17, 15) is 4.79 Å². The van der Waals surface area contributed by atoms with E-state index < -0.39 is 0 Å². The molecule has 0 saturated carbocycles. The molecule has 6 heteroatoms. The van der Waals surface area contributed by atoms with Gasteiger partial charge in [-0.05, 0) is 18.2 Å². The van der Waals surface area contributed by atoms with Crippen molar-refractivity contribution in [3.8, 4) is 11.3 Å². The number of aromatic nitrogens is 1. The number of hydrogen-bond donors (Lipinski definition) is 1. The predicted molar refractivity (Wildman–Crippen MR) is 81.9 cm³/mol. The van der Waals surface area contributed by atoms with Gasteiger partial charge < -0.3 is 4.42 Å². The van der Waals surface area contributed by atoms with E-state index in [4.69, 9.17) is 4.42 Å². The Morgan fingerprint density at radius 3 is 3.00 bits per heavy atom. The molecular weight excluding hydrogens is 340 g/mol. The summed E-state index contributed by atoms with van der Waals surface area (Å²) in [5.41, 5.74) is 2.31. The molecule has 20 heavy (non-hydrogen) atoms. The summed E-state index contributed by atoms with van der Waals surface area (Å²) < 4.78 is 5.87. The van der Waals surface area contributed by atoms with Crippen molar-refractivity contribution < 1.29 is 9.21 Å². The number of carbonyl (C=O) groups excluding carboxylic acids is 1. The highest BCUT2D eigenvalue weighted by Crippen LogP contribution is 2.27. The highest BCUT2D eigenvalue weighted by molar-refractivity contribution is 9.10. The van der Waals surface area contributed by atoms with Crippen molar-refractivity contribution in [2.24, 2.45) is 0 Å². The standard InChI is InChI=1S/C14H9BrN2O2S/c15-11-3-1-2-9(6-11)12-8-20-14(16-12)17-13(18)10-4-5-19-7-10/h1-8H,(H,16,17,18). The van der Waals surface area contributed by atoms with E-state index in [1.54, 1.807) is 6.07 Å². The van der Waals surface area contributed by atoms with E-state index in [1.165, 1.54) is 23.9 Å². The zero-order valence-corrected chi connectivity index (χ0v) is 12.6. The zero-order valence-electron chi connectivity index (χ0n) is 10.2. The molecule has 1 N–H and O–H groups in total. The molecule has 0 aliphatic rings. The number of benzene rings is 1. The maximum absolute atomic E-state index is 11.9. The summed E-state index contributed by atoms with van der Waals surface area (Å²) in [5.74, 6) is -0.228. The minimum absolute atomic E-state index is 0.228. The van der Waals surface area contributed by atoms with Gasteiger partial charge in [-0.25, -0.2) is 4.98 Å². The average molecular weight is 349 g/mol. The number of carbonyl (C=O) groups is 1. The Labute approximate surface area is 127 Å². The fraction of sp³-hybridized carbons (Fsp3) is 0. The number of anilines is 1. The Kier molecular flexibility index (Phi) is 3.66. The van der Waals surface area contributed by atoms with Crippen molar-refractivity contribution in [3.05, 3.63) is 58.3 Å². The molecule has 0 radical (unpaired) electrons. The molecule has 2 heterocycles. The fourth-order valence-electron chi connectivity index (χ4n) is 1.67. The number of nitrogens with zero attached hydrogens (tertiary/aromatic N) is 1. The zero-order chi connectivity index (χ0) is 13.9. The molecule has 0 fully saturated rings. The number of nitrogens with one attached hydrogen (secondary N) is 1. The van der Waals surface area contributed by atoms with E-state index in [0.29, 0.717) is 10.7 Å². The Morgan fingerprint density at radius 1 is 1.35 bits per heavy atom. The van der Waals surface area contributed by atoms with E-state index in [0.717, 1.165) is 15.7 Å². The van der Waals surface area contributed by atoms with Crippen LogP contribution in [0.4, 0.5) is 5.13 Å². The van der Waals surface area contributed by atoms with Gasteiger partial charge in [0.05, 0.1) is 17.5 Å². The van der Waals surface area contributed by atoms with Gasteiger partial charge in [-0.3, -0.25) is 10.1 Å². The van der Waals surface area contributed by atoms with Crippen LogP contribution >= 0.6 is 27.3 Å². The van der Waals surface area contributed by atoms with E-state index in [2.05, 4.69) is 26.2 Å². The summed E-state index contributed by atoms with van der Waals surface area (Å²) in [6, 6.07) is 9.47. The van der Waals surface area contributed by atoms with Gasteiger partial charge in [0, 0.05) is 15.4 Å². The number of rotatable bonds is 3. The fourth-order valence-corrected chi connectivity index (χ4v) is 2.79. The highest BCUT2D eigenvalue weighted by atomic mass is 79.9. The molecule has 0 atom stereocenters. The number of thiazole rings is 1. The molecule has 0 aliphatic heterocycles. The Bertz CT molecular complexity index is 737. The van der Waals surface area contributed by atoms with E-state index >= 15 is 0 Å². The maximum atomic E-state index is 11.9. The normalized spacial score (nSPS) is 10.4. The number of hydrogen-bond acceptors (Lipinski definition) is 4. The lowest BCUT2D eigenvalue weighted by atomic mass is 10.2. The molecule has 0 unspecified atom stereocenters. The summed E-state index contributed by atoms with van der Waals surface area (Å²) in [4.78, 5) is 16.3. The van der Waals surface area contributed by atoms with Crippen molar-refractivity contribution in [3.63, 3.8) is 0 Å². The van der Waals surface area contributed by atoms with Crippen LogP contribution in [0.25, 0.3) is 11.3 Å². The third kappa shape index (κ3) is 2.81. The third-order valence-corrected chi connectivity index (χ3v) is 3.88. The van der Waals surface area contributed by atoms with Gasteiger partial charge in [-0.1, -0.05) is 28.1 Å². The second-order valence-electron chi connectivity index (χ2n) is 4.01. The molecule has 100 valence electrons. The Hall–Kier alpha value is -1.92. The average Bonchev–Trinajstić information content (AvgIpc) is 3.10. The minimum Gasteiger partial charge on any atom is -0.472 e. The number of halogens is 1. The molecule has 0 saturated heterocycles. The summed E-state index contributed by atoms with van der Waals surface area (Å²) in [7, 11) is 0. The number of furan rings is 1. The summed E-state index contributed by atoms with van der Waals surface area (Å²) in [6.45, 7) is 0. The van der Waals surface area contributed by atoms with Gasteiger partial charge in [0.25, 0.3) is 5.91 Å². The van der Waals surface area contributed by atoms with Crippen LogP contribution in [-0.2, 0) is 0 Å². The van der Waals surface area contributed by atoms with Crippen LogP contribution in [0, 0.1) is 0 Å². The van der Waals surface area contributed by atoms with Crippen molar-refractivity contribution in [2.75, 3.05) is 5.32 Å². The lowest BCUT2D eigenvalue weighted by Crippen LogP contribution is -2.10. The first kappa shape index (κ1) is 13.1. The maximum Gasteiger partial charge on any atom is 0.260 e.